The molecule has 0 spiro atoms. The molecule has 0 saturated carbocycles. The highest BCUT2D eigenvalue weighted by Crippen LogP contribution is 2.22. The molecule has 0 radical (unpaired) electrons. The summed E-state index contributed by atoms with van der Waals surface area (Å²) in [4.78, 5) is 27.0. The number of para-hydroxylation sites is 1. The zero-order valence-corrected chi connectivity index (χ0v) is 16.4. The predicted octanol–water partition coefficient (Wildman–Crippen LogP) is 2.01. The van der Waals surface area contributed by atoms with Crippen molar-refractivity contribution in [3.8, 4) is 5.75 Å². The Kier molecular flexibility index (Phi) is 6.66. The van der Waals surface area contributed by atoms with E-state index in [1.165, 1.54) is 5.56 Å². The first kappa shape index (κ1) is 19.9. The molecule has 148 valence electrons. The number of hydrogen-bond donors (Lipinski definition) is 2. The molecule has 6 heteroatoms. The third-order valence-corrected chi connectivity index (χ3v) is 5.00. The lowest BCUT2D eigenvalue weighted by Crippen LogP contribution is -2.56. The highest BCUT2D eigenvalue weighted by atomic mass is 16.5. The monoisotopic (exact) mass is 381 g/mol. The lowest BCUT2D eigenvalue weighted by atomic mass is 10.1. The minimum Gasteiger partial charge on any atom is -0.496 e. The molecular formula is C22H27N3O3. The first-order valence-electron chi connectivity index (χ1n) is 9.52. The second-order valence-corrected chi connectivity index (χ2v) is 7.06. The standard InChI is InChI=1S/C22H27N3O3/c1-16-7-9-17(10-8-16)14-24-21(26)13-19-22(27)23-11-12-25(19)15-18-5-3-4-6-20(18)28-2/h3-10,19H,11-15H2,1-2H3,(H,23,27)(H,24,26). The number of carbonyl (C=O) groups is 2. The number of amides is 2. The van der Waals surface area contributed by atoms with Gasteiger partial charge in [0.2, 0.25) is 11.8 Å². The first-order valence-corrected chi connectivity index (χ1v) is 9.52. The van der Waals surface area contributed by atoms with Crippen LogP contribution in [0.5, 0.6) is 5.75 Å². The van der Waals surface area contributed by atoms with E-state index >= 15 is 0 Å². The second-order valence-electron chi connectivity index (χ2n) is 7.06. The lowest BCUT2D eigenvalue weighted by Gasteiger charge is -2.35. The van der Waals surface area contributed by atoms with E-state index < -0.39 is 6.04 Å². The highest BCUT2D eigenvalue weighted by Gasteiger charge is 2.31. The molecule has 0 bridgehead atoms. The molecule has 2 aromatic rings. The molecule has 6 nitrogen and oxygen atoms in total. The topological polar surface area (TPSA) is 70.7 Å². The number of ether oxygens (including phenoxy) is 1. The molecule has 1 unspecified atom stereocenters. The van der Waals surface area contributed by atoms with Crippen LogP contribution in [-0.2, 0) is 22.7 Å². The van der Waals surface area contributed by atoms with Gasteiger partial charge >= 0.3 is 0 Å². The summed E-state index contributed by atoms with van der Waals surface area (Å²) in [5, 5.41) is 5.79. The van der Waals surface area contributed by atoms with Crippen LogP contribution in [-0.4, -0.2) is 43.0 Å². The fraction of sp³-hybridized carbons (Fsp3) is 0.364. The van der Waals surface area contributed by atoms with Gasteiger partial charge in [-0.1, -0.05) is 48.0 Å². The Bertz CT molecular complexity index is 820. The molecule has 2 N–H and O–H groups in total. The van der Waals surface area contributed by atoms with Crippen molar-refractivity contribution in [2.75, 3.05) is 20.2 Å². The van der Waals surface area contributed by atoms with Crippen molar-refractivity contribution in [3.63, 3.8) is 0 Å². The molecular weight excluding hydrogens is 354 g/mol. The van der Waals surface area contributed by atoms with Crippen molar-refractivity contribution in [2.24, 2.45) is 0 Å². The third kappa shape index (κ3) is 5.10. The maximum absolute atomic E-state index is 12.5. The second kappa shape index (κ2) is 9.37. The van der Waals surface area contributed by atoms with Crippen molar-refractivity contribution in [1.29, 1.82) is 0 Å². The van der Waals surface area contributed by atoms with Gasteiger partial charge in [-0.2, -0.15) is 0 Å². The van der Waals surface area contributed by atoms with Gasteiger partial charge in [0.1, 0.15) is 5.75 Å². The van der Waals surface area contributed by atoms with Gasteiger partial charge in [-0.3, -0.25) is 14.5 Å². The van der Waals surface area contributed by atoms with Gasteiger partial charge in [-0.25, -0.2) is 0 Å². The number of piperazine rings is 1. The average Bonchev–Trinajstić information content (AvgIpc) is 2.70. The highest BCUT2D eigenvalue weighted by molar-refractivity contribution is 5.88. The minimum atomic E-state index is -0.489. The number of nitrogens with zero attached hydrogens (tertiary/aromatic N) is 1. The molecule has 28 heavy (non-hydrogen) atoms. The summed E-state index contributed by atoms with van der Waals surface area (Å²) >= 11 is 0. The Morgan fingerprint density at radius 1 is 1.21 bits per heavy atom. The Labute approximate surface area is 165 Å². The van der Waals surface area contributed by atoms with E-state index in [-0.39, 0.29) is 18.2 Å². The third-order valence-electron chi connectivity index (χ3n) is 5.00. The number of hydrogen-bond acceptors (Lipinski definition) is 4. The van der Waals surface area contributed by atoms with E-state index in [1.54, 1.807) is 7.11 Å². The van der Waals surface area contributed by atoms with Crippen LogP contribution >= 0.6 is 0 Å². The van der Waals surface area contributed by atoms with Gasteiger partial charge in [0, 0.05) is 31.7 Å². The Hall–Kier alpha value is -2.86. The molecule has 1 aliphatic rings. The van der Waals surface area contributed by atoms with Crippen LogP contribution in [0.1, 0.15) is 23.1 Å². The molecule has 1 aliphatic heterocycles. The average molecular weight is 381 g/mol. The van der Waals surface area contributed by atoms with Gasteiger partial charge < -0.3 is 15.4 Å². The lowest BCUT2D eigenvalue weighted by molar-refractivity contribution is -0.134. The van der Waals surface area contributed by atoms with Gasteiger partial charge in [-0.15, -0.1) is 0 Å². The summed E-state index contributed by atoms with van der Waals surface area (Å²) in [7, 11) is 1.64. The molecule has 1 heterocycles. The zero-order chi connectivity index (χ0) is 19.9. The number of methoxy groups -OCH3 is 1. The van der Waals surface area contributed by atoms with Crippen molar-refractivity contribution >= 4 is 11.8 Å². The molecule has 1 fully saturated rings. The minimum absolute atomic E-state index is 0.105. The van der Waals surface area contributed by atoms with E-state index in [9.17, 15) is 9.59 Å². The van der Waals surface area contributed by atoms with Gasteiger partial charge in [0.15, 0.2) is 0 Å². The number of nitrogens with one attached hydrogen (secondary N) is 2. The summed E-state index contributed by atoms with van der Waals surface area (Å²) in [6, 6.07) is 15.3. The number of carbonyl (C=O) groups excluding carboxylic acids is 2. The fourth-order valence-electron chi connectivity index (χ4n) is 3.38. The predicted molar refractivity (Wildman–Crippen MR) is 108 cm³/mol. The summed E-state index contributed by atoms with van der Waals surface area (Å²) < 4.78 is 5.42. The Morgan fingerprint density at radius 3 is 2.71 bits per heavy atom. The SMILES string of the molecule is COc1ccccc1CN1CCNC(=O)C1CC(=O)NCc1ccc(C)cc1. The van der Waals surface area contributed by atoms with E-state index in [4.69, 9.17) is 4.74 Å². The molecule has 2 amide bonds. The quantitative estimate of drug-likeness (QED) is 0.770. The van der Waals surface area contributed by atoms with Crippen LogP contribution in [0.2, 0.25) is 0 Å². The van der Waals surface area contributed by atoms with Gasteiger partial charge in [0.05, 0.1) is 19.6 Å². The van der Waals surface area contributed by atoms with Gasteiger partial charge in [0.25, 0.3) is 0 Å². The summed E-state index contributed by atoms with van der Waals surface area (Å²) in [6.07, 6.45) is 0.132. The van der Waals surface area contributed by atoms with Crippen molar-refractivity contribution in [3.05, 3.63) is 65.2 Å². The normalized spacial score (nSPS) is 17.1. The molecule has 1 saturated heterocycles. The summed E-state index contributed by atoms with van der Waals surface area (Å²) in [5.74, 6) is 0.551. The van der Waals surface area contributed by atoms with E-state index in [0.29, 0.717) is 26.2 Å². The van der Waals surface area contributed by atoms with E-state index in [1.807, 2.05) is 60.4 Å². The molecule has 1 atom stereocenters. The summed E-state index contributed by atoms with van der Waals surface area (Å²) in [5.41, 5.74) is 3.23. The number of rotatable bonds is 7. The smallest absolute Gasteiger partial charge is 0.237 e. The largest absolute Gasteiger partial charge is 0.496 e. The fourth-order valence-corrected chi connectivity index (χ4v) is 3.38. The molecule has 0 aliphatic carbocycles. The molecule has 3 rings (SSSR count). The zero-order valence-electron chi connectivity index (χ0n) is 16.4. The van der Waals surface area contributed by atoms with Crippen LogP contribution in [0.3, 0.4) is 0 Å². The van der Waals surface area contributed by atoms with Crippen LogP contribution in [0, 0.1) is 6.92 Å². The maximum atomic E-state index is 12.5. The van der Waals surface area contributed by atoms with Crippen LogP contribution in [0.4, 0.5) is 0 Å². The van der Waals surface area contributed by atoms with Crippen molar-refractivity contribution in [2.45, 2.75) is 32.5 Å². The maximum Gasteiger partial charge on any atom is 0.237 e. The van der Waals surface area contributed by atoms with E-state index in [2.05, 4.69) is 10.6 Å². The summed E-state index contributed by atoms with van der Waals surface area (Å²) in [6.45, 7) is 4.32. The molecule has 0 aromatic heterocycles. The van der Waals surface area contributed by atoms with Crippen LogP contribution in [0.15, 0.2) is 48.5 Å². The Balaban J connectivity index is 1.62. The van der Waals surface area contributed by atoms with Crippen molar-refractivity contribution in [1.82, 2.24) is 15.5 Å². The Morgan fingerprint density at radius 2 is 1.96 bits per heavy atom. The first-order chi connectivity index (χ1) is 13.6. The van der Waals surface area contributed by atoms with Crippen molar-refractivity contribution < 1.29 is 14.3 Å². The van der Waals surface area contributed by atoms with E-state index in [0.717, 1.165) is 16.9 Å². The van der Waals surface area contributed by atoms with Gasteiger partial charge in [-0.05, 0) is 18.6 Å². The number of aryl methyl sites for hydroxylation is 1. The number of benzene rings is 2. The van der Waals surface area contributed by atoms with Crippen LogP contribution < -0.4 is 15.4 Å². The molecule has 2 aromatic carbocycles. The van der Waals surface area contributed by atoms with Crippen LogP contribution in [0.25, 0.3) is 0 Å².